The lowest BCUT2D eigenvalue weighted by Crippen LogP contribution is -2.50. The van der Waals surface area contributed by atoms with E-state index in [9.17, 15) is 21.6 Å². The van der Waals surface area contributed by atoms with E-state index in [0.29, 0.717) is 24.7 Å². The summed E-state index contributed by atoms with van der Waals surface area (Å²) in [6, 6.07) is 6.77. The number of carbonyl (C=O) groups is 1. The van der Waals surface area contributed by atoms with Gasteiger partial charge in [0.2, 0.25) is 15.9 Å². The number of benzene rings is 1. The second-order valence-corrected chi connectivity index (χ2v) is 10.7. The predicted octanol–water partition coefficient (Wildman–Crippen LogP) is 0.332. The van der Waals surface area contributed by atoms with Gasteiger partial charge in [0.15, 0.2) is 15.7 Å². The normalized spacial score (nSPS) is 16.6. The van der Waals surface area contributed by atoms with E-state index in [1.165, 1.54) is 28.6 Å². The average Bonchev–Trinajstić information content (AvgIpc) is 3.06. The third kappa shape index (κ3) is 5.21. The van der Waals surface area contributed by atoms with Crippen molar-refractivity contribution in [3.05, 3.63) is 36.1 Å². The van der Waals surface area contributed by atoms with E-state index in [-0.39, 0.29) is 35.3 Å². The van der Waals surface area contributed by atoms with E-state index in [4.69, 9.17) is 4.52 Å². The average molecular weight is 443 g/mol. The molecule has 1 aromatic carbocycles. The first-order valence-electron chi connectivity index (χ1n) is 8.81. The van der Waals surface area contributed by atoms with Crippen LogP contribution in [-0.2, 0) is 24.7 Å². The fourth-order valence-corrected chi connectivity index (χ4v) is 5.00. The van der Waals surface area contributed by atoms with Crippen LogP contribution in [0.1, 0.15) is 5.76 Å². The molecule has 0 spiro atoms. The van der Waals surface area contributed by atoms with Crippen LogP contribution in [0.4, 0.5) is 5.82 Å². The van der Waals surface area contributed by atoms with Crippen molar-refractivity contribution in [1.82, 2.24) is 14.4 Å². The van der Waals surface area contributed by atoms with Gasteiger partial charge in [0, 0.05) is 38.5 Å². The Labute approximate surface area is 169 Å². The van der Waals surface area contributed by atoms with Crippen LogP contribution >= 0.6 is 0 Å². The third-order valence-electron chi connectivity index (χ3n) is 4.48. The molecule has 1 amide bonds. The minimum absolute atomic E-state index is 0.0393. The van der Waals surface area contributed by atoms with Crippen molar-refractivity contribution in [3.63, 3.8) is 0 Å². The summed E-state index contributed by atoms with van der Waals surface area (Å²) in [6.45, 7) is 3.08. The molecule has 12 heteroatoms. The summed E-state index contributed by atoms with van der Waals surface area (Å²) in [7, 11) is -7.13. The first kappa shape index (κ1) is 21.4. The Morgan fingerprint density at radius 3 is 2.17 bits per heavy atom. The van der Waals surface area contributed by atoms with Gasteiger partial charge >= 0.3 is 0 Å². The summed E-state index contributed by atoms with van der Waals surface area (Å²) in [4.78, 5) is 14.0. The molecule has 1 saturated heterocycles. The van der Waals surface area contributed by atoms with E-state index in [2.05, 4.69) is 10.5 Å². The van der Waals surface area contributed by atoms with Crippen LogP contribution in [-0.4, -0.2) is 76.1 Å². The van der Waals surface area contributed by atoms with Crippen molar-refractivity contribution < 1.29 is 26.2 Å². The van der Waals surface area contributed by atoms with Crippen LogP contribution < -0.4 is 5.32 Å². The first-order valence-corrected chi connectivity index (χ1v) is 12.1. The molecule has 0 aliphatic carbocycles. The molecular weight excluding hydrogens is 420 g/mol. The Morgan fingerprint density at radius 2 is 1.66 bits per heavy atom. The number of carbonyl (C=O) groups excluding carboxylic acids is 1. The van der Waals surface area contributed by atoms with E-state index in [0.717, 1.165) is 6.26 Å². The maximum Gasteiger partial charge on any atom is 0.243 e. The van der Waals surface area contributed by atoms with Crippen LogP contribution in [0.2, 0.25) is 0 Å². The van der Waals surface area contributed by atoms with Gasteiger partial charge in [-0.1, -0.05) is 5.16 Å². The van der Waals surface area contributed by atoms with Crippen molar-refractivity contribution in [1.29, 1.82) is 0 Å². The SMILES string of the molecule is Cc1cc(NC(=O)CN2CCN(S(=O)(=O)c3ccc(S(C)(=O)=O)cc3)CC2)no1. The standard InChI is InChI=1S/C17H22N4O6S2/c1-13-11-16(19-27-13)18-17(22)12-20-7-9-21(10-8-20)29(25,26)15-5-3-14(4-6-15)28(2,23)24/h3-6,11H,7-10,12H2,1-2H3,(H,18,19,22). The number of amides is 1. The molecule has 0 unspecified atom stereocenters. The monoisotopic (exact) mass is 442 g/mol. The summed E-state index contributed by atoms with van der Waals surface area (Å²) in [5, 5.41) is 6.33. The third-order valence-corrected chi connectivity index (χ3v) is 7.52. The summed E-state index contributed by atoms with van der Waals surface area (Å²) in [5.74, 6) is 0.668. The molecule has 1 fully saturated rings. The van der Waals surface area contributed by atoms with Crippen LogP contribution in [0.5, 0.6) is 0 Å². The molecule has 0 radical (unpaired) electrons. The zero-order chi connectivity index (χ0) is 21.2. The summed E-state index contributed by atoms with van der Waals surface area (Å²) >= 11 is 0. The summed E-state index contributed by atoms with van der Waals surface area (Å²) < 4.78 is 54.8. The largest absolute Gasteiger partial charge is 0.360 e. The number of nitrogens with zero attached hydrogens (tertiary/aromatic N) is 3. The van der Waals surface area contributed by atoms with E-state index >= 15 is 0 Å². The van der Waals surface area contributed by atoms with E-state index in [1.807, 2.05) is 4.90 Å². The summed E-state index contributed by atoms with van der Waals surface area (Å²) in [6.07, 6.45) is 1.07. The Morgan fingerprint density at radius 1 is 1.07 bits per heavy atom. The fourth-order valence-electron chi connectivity index (χ4n) is 2.95. The zero-order valence-corrected chi connectivity index (χ0v) is 17.7. The highest BCUT2D eigenvalue weighted by atomic mass is 32.2. The van der Waals surface area contributed by atoms with Crippen molar-refractivity contribution in [2.24, 2.45) is 0 Å². The van der Waals surface area contributed by atoms with Gasteiger partial charge in [-0.15, -0.1) is 0 Å². The van der Waals surface area contributed by atoms with Crippen LogP contribution in [0.15, 0.2) is 44.6 Å². The minimum atomic E-state index is -3.73. The molecule has 1 aliphatic heterocycles. The summed E-state index contributed by atoms with van der Waals surface area (Å²) in [5.41, 5.74) is 0. The topological polar surface area (TPSA) is 130 Å². The maximum absolute atomic E-state index is 12.8. The highest BCUT2D eigenvalue weighted by Gasteiger charge is 2.29. The Kier molecular flexibility index (Phi) is 6.08. The second-order valence-electron chi connectivity index (χ2n) is 6.79. The highest BCUT2D eigenvalue weighted by molar-refractivity contribution is 7.90. The van der Waals surface area contributed by atoms with Gasteiger partial charge in [-0.25, -0.2) is 16.8 Å². The number of nitrogens with one attached hydrogen (secondary N) is 1. The molecule has 10 nitrogen and oxygen atoms in total. The van der Waals surface area contributed by atoms with Crippen LogP contribution in [0, 0.1) is 6.92 Å². The van der Waals surface area contributed by atoms with Gasteiger partial charge in [-0.05, 0) is 31.2 Å². The molecule has 158 valence electrons. The number of hydrogen-bond acceptors (Lipinski definition) is 8. The quantitative estimate of drug-likeness (QED) is 0.677. The Balaban J connectivity index is 1.57. The number of sulfone groups is 1. The first-order chi connectivity index (χ1) is 13.6. The molecule has 1 N–H and O–H groups in total. The van der Waals surface area contributed by atoms with Crippen LogP contribution in [0.3, 0.4) is 0 Å². The van der Waals surface area contributed by atoms with Gasteiger partial charge in [0.25, 0.3) is 0 Å². The Bertz CT molecular complexity index is 1090. The van der Waals surface area contributed by atoms with Crippen molar-refractivity contribution in [2.75, 3.05) is 44.3 Å². The number of rotatable bonds is 6. The molecular formula is C17H22N4O6S2. The molecule has 0 atom stereocenters. The minimum Gasteiger partial charge on any atom is -0.360 e. The molecule has 1 aliphatic rings. The van der Waals surface area contributed by atoms with Crippen molar-refractivity contribution in [2.45, 2.75) is 16.7 Å². The lowest BCUT2D eigenvalue weighted by atomic mass is 10.3. The second kappa shape index (κ2) is 8.22. The van der Waals surface area contributed by atoms with Gasteiger partial charge < -0.3 is 9.84 Å². The van der Waals surface area contributed by atoms with Gasteiger partial charge in [0.1, 0.15) is 5.76 Å². The Hall–Kier alpha value is -2.28. The molecule has 0 saturated carbocycles. The van der Waals surface area contributed by atoms with Crippen molar-refractivity contribution >= 4 is 31.6 Å². The van der Waals surface area contributed by atoms with Crippen molar-refractivity contribution in [3.8, 4) is 0 Å². The molecule has 2 aromatic rings. The van der Waals surface area contributed by atoms with Gasteiger partial charge in [0.05, 0.1) is 16.3 Å². The smallest absolute Gasteiger partial charge is 0.243 e. The number of piperazine rings is 1. The molecule has 29 heavy (non-hydrogen) atoms. The molecule has 0 bridgehead atoms. The lowest BCUT2D eigenvalue weighted by Gasteiger charge is -2.33. The molecule has 1 aromatic heterocycles. The predicted molar refractivity (Wildman–Crippen MR) is 105 cm³/mol. The highest BCUT2D eigenvalue weighted by Crippen LogP contribution is 2.20. The lowest BCUT2D eigenvalue weighted by molar-refractivity contribution is -0.117. The maximum atomic E-state index is 12.8. The van der Waals surface area contributed by atoms with Gasteiger partial charge in [-0.3, -0.25) is 9.69 Å². The molecule has 3 rings (SSSR count). The van der Waals surface area contributed by atoms with Gasteiger partial charge in [-0.2, -0.15) is 4.31 Å². The van der Waals surface area contributed by atoms with E-state index in [1.54, 1.807) is 13.0 Å². The van der Waals surface area contributed by atoms with E-state index < -0.39 is 19.9 Å². The fraction of sp³-hybridized carbons (Fsp3) is 0.412. The number of hydrogen-bond donors (Lipinski definition) is 1. The molecule has 2 heterocycles. The zero-order valence-electron chi connectivity index (χ0n) is 16.0. The number of anilines is 1. The number of aryl methyl sites for hydroxylation is 1. The number of aromatic nitrogens is 1. The number of sulfonamides is 1. The van der Waals surface area contributed by atoms with Crippen LogP contribution in [0.25, 0.3) is 0 Å².